The van der Waals surface area contributed by atoms with Crippen LogP contribution in [0.4, 0.5) is 0 Å². The van der Waals surface area contributed by atoms with Crippen LogP contribution >= 0.6 is 0 Å². The van der Waals surface area contributed by atoms with Crippen LogP contribution < -0.4 is 14.8 Å². The molecule has 0 fully saturated rings. The maximum atomic E-state index is 12.9. The van der Waals surface area contributed by atoms with Crippen LogP contribution in [-0.2, 0) is 21.4 Å². The molecule has 0 unspecified atom stereocenters. The van der Waals surface area contributed by atoms with Gasteiger partial charge in [0.05, 0.1) is 30.9 Å². The number of amides is 1. The van der Waals surface area contributed by atoms with Gasteiger partial charge in [0, 0.05) is 6.42 Å². The Morgan fingerprint density at radius 2 is 1.77 bits per heavy atom. The lowest BCUT2D eigenvalue weighted by molar-refractivity contribution is -0.121. The van der Waals surface area contributed by atoms with E-state index in [-0.39, 0.29) is 23.8 Å². The van der Waals surface area contributed by atoms with Crippen molar-refractivity contribution in [3.63, 3.8) is 0 Å². The summed E-state index contributed by atoms with van der Waals surface area (Å²) in [5.74, 6) is 0.949. The van der Waals surface area contributed by atoms with Crippen LogP contribution in [0.2, 0.25) is 0 Å². The Labute approximate surface area is 176 Å². The first-order valence-corrected chi connectivity index (χ1v) is 10.9. The zero-order valence-corrected chi connectivity index (χ0v) is 17.6. The molecule has 0 aliphatic heterocycles. The number of hydrogen-bond acceptors (Lipinski definition) is 5. The number of rotatable bonds is 9. The van der Waals surface area contributed by atoms with Gasteiger partial charge < -0.3 is 14.5 Å². The number of ether oxygens (including phenoxy) is 1. The summed E-state index contributed by atoms with van der Waals surface area (Å²) in [5.41, 5.74) is 1.61. The molecular weight excluding hydrogens is 404 g/mol. The molecule has 0 bridgehead atoms. The number of aryl methyl sites for hydroxylation is 1. The summed E-state index contributed by atoms with van der Waals surface area (Å²) in [5, 5.41) is 2.75. The molecule has 1 amide bonds. The Hall–Kier alpha value is -3.10. The van der Waals surface area contributed by atoms with Gasteiger partial charge in [-0.15, -0.1) is 0 Å². The maximum absolute atomic E-state index is 12.9. The summed E-state index contributed by atoms with van der Waals surface area (Å²) in [7, 11) is -2.27. The standard InChI is InChI=1S/C22H24N2O5S/c1-16-5-11-20(12-6-16)30(26,27)24-21(17-7-9-18(28-2)10-8-17)14-22(25)23-15-19-4-3-13-29-19/h3-13,21,24H,14-15H2,1-2H3,(H,23,25)/t21-/m0/s1. The van der Waals surface area contributed by atoms with E-state index < -0.39 is 16.1 Å². The number of carbonyl (C=O) groups excluding carboxylic acids is 1. The van der Waals surface area contributed by atoms with Gasteiger partial charge in [0.2, 0.25) is 15.9 Å². The molecule has 0 saturated heterocycles. The summed E-state index contributed by atoms with van der Waals surface area (Å²) >= 11 is 0. The minimum Gasteiger partial charge on any atom is -0.497 e. The highest BCUT2D eigenvalue weighted by Crippen LogP contribution is 2.23. The highest BCUT2D eigenvalue weighted by atomic mass is 32.2. The van der Waals surface area contributed by atoms with Crippen LogP contribution in [0.5, 0.6) is 5.75 Å². The summed E-state index contributed by atoms with van der Waals surface area (Å²) < 4.78 is 38.8. The minimum atomic E-state index is -3.82. The molecule has 3 rings (SSSR count). The predicted molar refractivity (Wildman–Crippen MR) is 112 cm³/mol. The second kappa shape index (κ2) is 9.60. The number of carbonyl (C=O) groups is 1. The van der Waals surface area contributed by atoms with E-state index in [4.69, 9.17) is 9.15 Å². The Bertz CT molecular complexity index is 1060. The normalized spacial score (nSPS) is 12.3. The fourth-order valence-electron chi connectivity index (χ4n) is 2.89. The molecule has 0 spiro atoms. The fraction of sp³-hybridized carbons (Fsp3) is 0.227. The van der Waals surface area contributed by atoms with Gasteiger partial charge in [-0.3, -0.25) is 4.79 Å². The highest BCUT2D eigenvalue weighted by molar-refractivity contribution is 7.89. The number of benzene rings is 2. The van der Waals surface area contributed by atoms with Crippen LogP contribution in [0.3, 0.4) is 0 Å². The van der Waals surface area contributed by atoms with Crippen molar-refractivity contribution in [2.24, 2.45) is 0 Å². The van der Waals surface area contributed by atoms with Crippen LogP contribution in [0.25, 0.3) is 0 Å². The lowest BCUT2D eigenvalue weighted by atomic mass is 10.0. The predicted octanol–water partition coefficient (Wildman–Crippen LogP) is 3.32. The molecule has 30 heavy (non-hydrogen) atoms. The second-order valence-electron chi connectivity index (χ2n) is 6.82. The molecule has 3 aromatic rings. The molecule has 158 valence electrons. The van der Waals surface area contributed by atoms with E-state index >= 15 is 0 Å². The summed E-state index contributed by atoms with van der Waals surface area (Å²) in [6.07, 6.45) is 1.45. The molecule has 2 aromatic carbocycles. The number of sulfonamides is 1. The summed E-state index contributed by atoms with van der Waals surface area (Å²) in [6, 6.07) is 16.2. The monoisotopic (exact) mass is 428 g/mol. The van der Waals surface area contributed by atoms with E-state index in [0.29, 0.717) is 17.1 Å². The zero-order chi connectivity index (χ0) is 21.6. The van der Waals surface area contributed by atoms with Crippen LogP contribution in [0.1, 0.15) is 29.3 Å². The van der Waals surface area contributed by atoms with Gasteiger partial charge in [-0.05, 0) is 48.9 Å². The molecule has 0 aliphatic carbocycles. The quantitative estimate of drug-likeness (QED) is 0.545. The fourth-order valence-corrected chi connectivity index (χ4v) is 4.12. The maximum Gasteiger partial charge on any atom is 0.241 e. The topological polar surface area (TPSA) is 97.6 Å². The molecular formula is C22H24N2O5S. The van der Waals surface area contributed by atoms with Crippen LogP contribution in [0, 0.1) is 6.92 Å². The first-order valence-electron chi connectivity index (χ1n) is 9.39. The molecule has 8 heteroatoms. The SMILES string of the molecule is COc1ccc([C@H](CC(=O)NCc2ccco2)NS(=O)(=O)c2ccc(C)cc2)cc1. The number of hydrogen-bond donors (Lipinski definition) is 2. The Morgan fingerprint density at radius 3 is 2.37 bits per heavy atom. The lowest BCUT2D eigenvalue weighted by Gasteiger charge is -2.19. The largest absolute Gasteiger partial charge is 0.497 e. The number of methoxy groups -OCH3 is 1. The van der Waals surface area contributed by atoms with Gasteiger partial charge in [-0.2, -0.15) is 0 Å². The number of furan rings is 1. The van der Waals surface area contributed by atoms with Gasteiger partial charge in [-0.25, -0.2) is 13.1 Å². The van der Waals surface area contributed by atoms with E-state index in [1.54, 1.807) is 67.8 Å². The van der Waals surface area contributed by atoms with Gasteiger partial charge >= 0.3 is 0 Å². The van der Waals surface area contributed by atoms with E-state index in [9.17, 15) is 13.2 Å². The average molecular weight is 429 g/mol. The van der Waals surface area contributed by atoms with Crippen molar-refractivity contribution in [1.82, 2.24) is 10.0 Å². The van der Waals surface area contributed by atoms with E-state index in [0.717, 1.165) is 5.56 Å². The molecule has 1 heterocycles. The molecule has 0 saturated carbocycles. The Morgan fingerprint density at radius 1 is 1.07 bits per heavy atom. The molecule has 1 atom stereocenters. The van der Waals surface area contributed by atoms with Gasteiger partial charge in [-0.1, -0.05) is 29.8 Å². The van der Waals surface area contributed by atoms with Gasteiger partial charge in [0.1, 0.15) is 11.5 Å². The summed E-state index contributed by atoms with van der Waals surface area (Å²) in [6.45, 7) is 2.11. The van der Waals surface area contributed by atoms with Crippen molar-refractivity contribution in [2.45, 2.75) is 30.8 Å². The van der Waals surface area contributed by atoms with Crippen molar-refractivity contribution >= 4 is 15.9 Å². The second-order valence-corrected chi connectivity index (χ2v) is 8.53. The number of nitrogens with one attached hydrogen (secondary N) is 2. The van der Waals surface area contributed by atoms with Crippen molar-refractivity contribution < 1.29 is 22.4 Å². The minimum absolute atomic E-state index is 0.0713. The Balaban J connectivity index is 1.79. The van der Waals surface area contributed by atoms with Gasteiger partial charge in [0.25, 0.3) is 0 Å². The summed E-state index contributed by atoms with van der Waals surface area (Å²) in [4.78, 5) is 12.6. The van der Waals surface area contributed by atoms with Crippen molar-refractivity contribution in [1.29, 1.82) is 0 Å². The zero-order valence-electron chi connectivity index (χ0n) is 16.8. The van der Waals surface area contributed by atoms with Crippen molar-refractivity contribution in [2.75, 3.05) is 7.11 Å². The molecule has 7 nitrogen and oxygen atoms in total. The van der Waals surface area contributed by atoms with E-state index in [1.165, 1.54) is 6.26 Å². The molecule has 0 aliphatic rings. The molecule has 1 aromatic heterocycles. The third kappa shape index (κ3) is 5.71. The van der Waals surface area contributed by atoms with Crippen molar-refractivity contribution in [3.05, 3.63) is 83.8 Å². The van der Waals surface area contributed by atoms with Crippen molar-refractivity contribution in [3.8, 4) is 5.75 Å². The van der Waals surface area contributed by atoms with Gasteiger partial charge in [0.15, 0.2) is 0 Å². The average Bonchev–Trinajstić information content (AvgIpc) is 3.26. The highest BCUT2D eigenvalue weighted by Gasteiger charge is 2.24. The van der Waals surface area contributed by atoms with Crippen LogP contribution in [-0.4, -0.2) is 21.4 Å². The third-order valence-electron chi connectivity index (χ3n) is 4.58. The molecule has 0 radical (unpaired) electrons. The lowest BCUT2D eigenvalue weighted by Crippen LogP contribution is -2.33. The smallest absolute Gasteiger partial charge is 0.241 e. The van der Waals surface area contributed by atoms with E-state index in [1.807, 2.05) is 6.92 Å². The molecule has 2 N–H and O–H groups in total. The van der Waals surface area contributed by atoms with Crippen LogP contribution in [0.15, 0.2) is 76.2 Å². The Kier molecular flexibility index (Phi) is 6.91. The van der Waals surface area contributed by atoms with E-state index in [2.05, 4.69) is 10.0 Å². The first kappa shape index (κ1) is 21.6. The first-order chi connectivity index (χ1) is 14.4. The third-order valence-corrected chi connectivity index (χ3v) is 6.06.